The van der Waals surface area contributed by atoms with E-state index in [0.717, 1.165) is 13.0 Å². The zero-order chi connectivity index (χ0) is 12.9. The fourth-order valence-electron chi connectivity index (χ4n) is 1.51. The minimum absolute atomic E-state index is 0.142. The lowest BCUT2D eigenvalue weighted by molar-refractivity contribution is 0.595. The van der Waals surface area contributed by atoms with Gasteiger partial charge in [0, 0.05) is 13.2 Å². The third-order valence-corrected chi connectivity index (χ3v) is 3.73. The normalized spacial score (nSPS) is 11.7. The lowest BCUT2D eigenvalue weighted by Crippen LogP contribution is -2.18. The van der Waals surface area contributed by atoms with Crippen molar-refractivity contribution in [3.63, 3.8) is 0 Å². The van der Waals surface area contributed by atoms with Crippen LogP contribution in [0.25, 0.3) is 0 Å². The molecule has 1 rings (SSSR count). The summed E-state index contributed by atoms with van der Waals surface area (Å²) in [7, 11) is 0.359. The van der Waals surface area contributed by atoms with Crippen LogP contribution >= 0.6 is 0 Å². The Labute approximate surface area is 102 Å². The first-order chi connectivity index (χ1) is 7.94. The molecule has 98 valence electrons. The molecule has 6 nitrogen and oxygen atoms in total. The molecule has 0 aromatic carbocycles. The number of hydrogen-bond donors (Lipinski definition) is 2. The first-order valence-corrected chi connectivity index (χ1v) is 7.25. The maximum Gasteiger partial charge on any atom is 0.232 e. The Morgan fingerprint density at radius 1 is 1.41 bits per heavy atom. The summed E-state index contributed by atoms with van der Waals surface area (Å²) in [4.78, 5) is 0. The van der Waals surface area contributed by atoms with E-state index in [2.05, 4.69) is 15.1 Å². The second kappa shape index (κ2) is 6.02. The van der Waals surface area contributed by atoms with Crippen LogP contribution in [0.2, 0.25) is 0 Å². The fraction of sp³-hybridized carbons (Fsp3) is 0.700. The third kappa shape index (κ3) is 4.74. The Bertz CT molecular complexity index is 453. The molecular weight excluding hydrogens is 240 g/mol. The van der Waals surface area contributed by atoms with Crippen molar-refractivity contribution in [2.24, 2.45) is 7.05 Å². The standard InChI is InChI=1S/C10H20N4O2S/c1-9-10(8-14(3)12-9)13-17(15,16)7-5-4-6-11-2/h8,11,13H,4-7H2,1-3H3. The van der Waals surface area contributed by atoms with Crippen molar-refractivity contribution in [2.45, 2.75) is 19.8 Å². The van der Waals surface area contributed by atoms with Crippen molar-refractivity contribution >= 4 is 15.7 Å². The number of hydrogen-bond acceptors (Lipinski definition) is 4. The number of anilines is 1. The molecule has 0 bridgehead atoms. The summed E-state index contributed by atoms with van der Waals surface area (Å²) in [5, 5.41) is 7.07. The van der Waals surface area contributed by atoms with Crippen LogP contribution in [-0.4, -0.2) is 37.5 Å². The van der Waals surface area contributed by atoms with Gasteiger partial charge in [0.15, 0.2) is 0 Å². The molecule has 0 amide bonds. The smallest absolute Gasteiger partial charge is 0.232 e. The van der Waals surface area contributed by atoms with E-state index in [1.807, 2.05) is 7.05 Å². The van der Waals surface area contributed by atoms with Crippen LogP contribution in [0.4, 0.5) is 5.69 Å². The SMILES string of the molecule is CNCCCCS(=O)(=O)Nc1cn(C)nc1C. The average molecular weight is 260 g/mol. The van der Waals surface area contributed by atoms with Crippen LogP contribution in [-0.2, 0) is 17.1 Å². The Balaban J connectivity index is 2.52. The number of rotatable bonds is 7. The second-order valence-corrected chi connectivity index (χ2v) is 5.88. The van der Waals surface area contributed by atoms with Crippen LogP contribution in [0.1, 0.15) is 18.5 Å². The van der Waals surface area contributed by atoms with Gasteiger partial charge in [-0.3, -0.25) is 9.40 Å². The summed E-state index contributed by atoms with van der Waals surface area (Å²) < 4.78 is 27.7. The number of unbranched alkanes of at least 4 members (excludes halogenated alkanes) is 1. The Hall–Kier alpha value is -1.08. The van der Waals surface area contributed by atoms with Crippen LogP contribution in [0.15, 0.2) is 6.20 Å². The van der Waals surface area contributed by atoms with E-state index in [1.165, 1.54) is 0 Å². The maximum atomic E-state index is 11.8. The van der Waals surface area contributed by atoms with Gasteiger partial charge in [-0.1, -0.05) is 0 Å². The zero-order valence-electron chi connectivity index (χ0n) is 10.5. The molecule has 2 N–H and O–H groups in total. The molecule has 0 aliphatic rings. The van der Waals surface area contributed by atoms with Crippen LogP contribution in [0.5, 0.6) is 0 Å². The predicted molar refractivity (Wildman–Crippen MR) is 68.5 cm³/mol. The Morgan fingerprint density at radius 2 is 2.12 bits per heavy atom. The predicted octanol–water partition coefficient (Wildman–Crippen LogP) is 0.470. The molecular formula is C10H20N4O2S. The molecule has 0 saturated heterocycles. The number of nitrogens with zero attached hydrogens (tertiary/aromatic N) is 2. The van der Waals surface area contributed by atoms with Gasteiger partial charge in [-0.2, -0.15) is 5.10 Å². The van der Waals surface area contributed by atoms with E-state index in [4.69, 9.17) is 0 Å². The average Bonchev–Trinajstić information content (AvgIpc) is 2.52. The summed E-state index contributed by atoms with van der Waals surface area (Å²) in [5.74, 6) is 0.142. The second-order valence-electron chi connectivity index (χ2n) is 4.03. The van der Waals surface area contributed by atoms with E-state index in [-0.39, 0.29) is 5.75 Å². The summed E-state index contributed by atoms with van der Waals surface area (Å²) in [6, 6.07) is 0. The maximum absolute atomic E-state index is 11.8. The highest BCUT2D eigenvalue weighted by Crippen LogP contribution is 2.13. The molecule has 1 heterocycles. The van der Waals surface area contributed by atoms with Crippen molar-refractivity contribution in [1.29, 1.82) is 0 Å². The number of aryl methyl sites for hydroxylation is 2. The van der Waals surface area contributed by atoms with Crippen LogP contribution < -0.4 is 10.0 Å². The van der Waals surface area contributed by atoms with Gasteiger partial charge < -0.3 is 5.32 Å². The van der Waals surface area contributed by atoms with E-state index in [1.54, 1.807) is 24.9 Å². The van der Waals surface area contributed by atoms with Crippen molar-refractivity contribution in [2.75, 3.05) is 24.1 Å². The summed E-state index contributed by atoms with van der Waals surface area (Å²) in [5.41, 5.74) is 1.24. The van der Waals surface area contributed by atoms with Gasteiger partial charge in [0.2, 0.25) is 10.0 Å². The van der Waals surface area contributed by atoms with Gasteiger partial charge in [0.1, 0.15) is 0 Å². The molecule has 0 radical (unpaired) electrons. The first kappa shape index (κ1) is 14.0. The molecule has 0 atom stereocenters. The van der Waals surface area contributed by atoms with E-state index >= 15 is 0 Å². The summed E-state index contributed by atoms with van der Waals surface area (Å²) >= 11 is 0. The molecule has 0 fully saturated rings. The lowest BCUT2D eigenvalue weighted by Gasteiger charge is -2.06. The minimum Gasteiger partial charge on any atom is -0.320 e. The van der Waals surface area contributed by atoms with Crippen molar-refractivity contribution in [3.8, 4) is 0 Å². The summed E-state index contributed by atoms with van der Waals surface area (Å²) in [6.07, 6.45) is 3.17. The van der Waals surface area contributed by atoms with Crippen molar-refractivity contribution in [3.05, 3.63) is 11.9 Å². The first-order valence-electron chi connectivity index (χ1n) is 5.60. The Kier molecular flexibility index (Phi) is 4.95. The molecule has 0 aliphatic carbocycles. The highest BCUT2D eigenvalue weighted by molar-refractivity contribution is 7.92. The Morgan fingerprint density at radius 3 is 2.65 bits per heavy atom. The van der Waals surface area contributed by atoms with Crippen LogP contribution in [0.3, 0.4) is 0 Å². The highest BCUT2D eigenvalue weighted by Gasteiger charge is 2.13. The summed E-state index contributed by atoms with van der Waals surface area (Å²) in [6.45, 7) is 2.61. The molecule has 17 heavy (non-hydrogen) atoms. The van der Waals surface area contributed by atoms with E-state index < -0.39 is 10.0 Å². The van der Waals surface area contributed by atoms with Gasteiger partial charge in [-0.25, -0.2) is 8.42 Å². The molecule has 0 spiro atoms. The topological polar surface area (TPSA) is 76.0 Å². The van der Waals surface area contributed by atoms with Crippen LogP contribution in [0, 0.1) is 6.92 Å². The number of aromatic nitrogens is 2. The third-order valence-electron chi connectivity index (χ3n) is 2.37. The van der Waals surface area contributed by atoms with E-state index in [0.29, 0.717) is 17.8 Å². The van der Waals surface area contributed by atoms with Gasteiger partial charge in [0.05, 0.1) is 17.1 Å². The molecule has 0 aliphatic heterocycles. The van der Waals surface area contributed by atoms with E-state index in [9.17, 15) is 8.42 Å². The fourth-order valence-corrected chi connectivity index (χ4v) is 2.73. The highest BCUT2D eigenvalue weighted by atomic mass is 32.2. The van der Waals surface area contributed by atoms with Crippen molar-refractivity contribution in [1.82, 2.24) is 15.1 Å². The van der Waals surface area contributed by atoms with Gasteiger partial charge >= 0.3 is 0 Å². The zero-order valence-corrected chi connectivity index (χ0v) is 11.3. The molecule has 7 heteroatoms. The van der Waals surface area contributed by atoms with Crippen molar-refractivity contribution < 1.29 is 8.42 Å². The van der Waals surface area contributed by atoms with Gasteiger partial charge in [-0.15, -0.1) is 0 Å². The minimum atomic E-state index is -3.26. The monoisotopic (exact) mass is 260 g/mol. The molecule has 1 aromatic rings. The molecule has 0 saturated carbocycles. The lowest BCUT2D eigenvalue weighted by atomic mass is 10.3. The molecule has 0 unspecified atom stereocenters. The largest absolute Gasteiger partial charge is 0.320 e. The number of nitrogens with one attached hydrogen (secondary N) is 2. The number of sulfonamides is 1. The molecule has 1 aromatic heterocycles. The van der Waals surface area contributed by atoms with Gasteiger partial charge in [0.25, 0.3) is 0 Å². The quantitative estimate of drug-likeness (QED) is 0.699. The van der Waals surface area contributed by atoms with Gasteiger partial charge in [-0.05, 0) is 33.4 Å².